The van der Waals surface area contributed by atoms with Crippen LogP contribution in [0.25, 0.3) is 0 Å². The SMILES string of the molecule is CCC1(C2CCCc3ccccc32)CCCCC1. The second-order valence-corrected chi connectivity index (χ2v) is 6.42. The summed E-state index contributed by atoms with van der Waals surface area (Å²) < 4.78 is 0. The molecule has 0 nitrogen and oxygen atoms in total. The Morgan fingerprint density at radius 2 is 1.83 bits per heavy atom. The molecule has 0 aromatic heterocycles. The van der Waals surface area contributed by atoms with Crippen molar-refractivity contribution < 1.29 is 0 Å². The van der Waals surface area contributed by atoms with Crippen molar-refractivity contribution in [3.63, 3.8) is 0 Å². The van der Waals surface area contributed by atoms with Gasteiger partial charge in [0.05, 0.1) is 0 Å². The van der Waals surface area contributed by atoms with E-state index in [-0.39, 0.29) is 0 Å². The minimum Gasteiger partial charge on any atom is -0.0648 e. The maximum Gasteiger partial charge on any atom is -0.0103 e. The van der Waals surface area contributed by atoms with Crippen molar-refractivity contribution in [1.29, 1.82) is 0 Å². The number of hydrogen-bond acceptors (Lipinski definition) is 0. The van der Waals surface area contributed by atoms with Gasteiger partial charge in [0.2, 0.25) is 0 Å². The Bertz CT molecular complexity index is 398. The van der Waals surface area contributed by atoms with E-state index < -0.39 is 0 Å². The Kier molecular flexibility index (Phi) is 3.46. The van der Waals surface area contributed by atoms with Gasteiger partial charge in [0.15, 0.2) is 0 Å². The second kappa shape index (κ2) is 5.07. The van der Waals surface area contributed by atoms with E-state index in [1.54, 1.807) is 11.1 Å². The molecule has 1 unspecified atom stereocenters. The monoisotopic (exact) mass is 242 g/mol. The summed E-state index contributed by atoms with van der Waals surface area (Å²) >= 11 is 0. The van der Waals surface area contributed by atoms with Crippen LogP contribution in [-0.2, 0) is 6.42 Å². The van der Waals surface area contributed by atoms with Crippen LogP contribution in [0.4, 0.5) is 0 Å². The summed E-state index contributed by atoms with van der Waals surface area (Å²) in [6, 6.07) is 9.27. The van der Waals surface area contributed by atoms with E-state index in [2.05, 4.69) is 31.2 Å². The van der Waals surface area contributed by atoms with Crippen molar-refractivity contribution in [2.75, 3.05) is 0 Å². The molecule has 0 heteroatoms. The third-order valence-electron chi connectivity index (χ3n) is 5.66. The number of benzene rings is 1. The average molecular weight is 242 g/mol. The first-order valence-corrected chi connectivity index (χ1v) is 7.93. The fourth-order valence-corrected chi connectivity index (χ4v) is 4.59. The highest BCUT2D eigenvalue weighted by Crippen LogP contribution is 2.53. The Morgan fingerprint density at radius 1 is 1.06 bits per heavy atom. The Balaban J connectivity index is 1.96. The molecule has 0 radical (unpaired) electrons. The van der Waals surface area contributed by atoms with Crippen LogP contribution in [0.1, 0.15) is 75.3 Å². The molecular formula is C18H26. The molecule has 1 aromatic carbocycles. The third kappa shape index (κ3) is 2.00. The van der Waals surface area contributed by atoms with E-state index in [1.807, 2.05) is 0 Å². The second-order valence-electron chi connectivity index (χ2n) is 6.42. The Labute approximate surface area is 112 Å². The molecular weight excluding hydrogens is 216 g/mol. The number of hydrogen-bond donors (Lipinski definition) is 0. The van der Waals surface area contributed by atoms with Gasteiger partial charge in [-0.15, -0.1) is 0 Å². The van der Waals surface area contributed by atoms with Crippen molar-refractivity contribution >= 4 is 0 Å². The van der Waals surface area contributed by atoms with Crippen molar-refractivity contribution in [2.45, 2.75) is 70.6 Å². The predicted molar refractivity (Wildman–Crippen MR) is 77.9 cm³/mol. The number of rotatable bonds is 2. The third-order valence-corrected chi connectivity index (χ3v) is 5.66. The first-order chi connectivity index (χ1) is 8.86. The molecule has 0 N–H and O–H groups in total. The maximum absolute atomic E-state index is 2.43. The summed E-state index contributed by atoms with van der Waals surface area (Å²) in [5.74, 6) is 0.854. The summed E-state index contributed by atoms with van der Waals surface area (Å²) in [5, 5.41) is 0. The van der Waals surface area contributed by atoms with Gasteiger partial charge in [-0.25, -0.2) is 0 Å². The van der Waals surface area contributed by atoms with E-state index in [4.69, 9.17) is 0 Å². The van der Waals surface area contributed by atoms with Gasteiger partial charge in [-0.2, -0.15) is 0 Å². The molecule has 2 aliphatic rings. The van der Waals surface area contributed by atoms with Crippen LogP contribution in [0.2, 0.25) is 0 Å². The molecule has 0 saturated heterocycles. The summed E-state index contributed by atoms with van der Waals surface area (Å²) in [4.78, 5) is 0. The predicted octanol–water partition coefficient (Wildman–Crippen LogP) is 5.47. The van der Waals surface area contributed by atoms with Crippen LogP contribution in [0.3, 0.4) is 0 Å². The fraction of sp³-hybridized carbons (Fsp3) is 0.667. The standard InChI is InChI=1S/C18H26/c1-2-18(13-6-3-7-14-18)17-12-8-10-15-9-4-5-11-16(15)17/h4-5,9,11,17H,2-3,6-8,10,12-14H2,1H3. The molecule has 0 aliphatic heterocycles. The number of aryl methyl sites for hydroxylation is 1. The largest absolute Gasteiger partial charge is 0.0648 e. The molecule has 0 spiro atoms. The fourth-order valence-electron chi connectivity index (χ4n) is 4.59. The van der Waals surface area contributed by atoms with Gasteiger partial charge in [0.1, 0.15) is 0 Å². The van der Waals surface area contributed by atoms with Crippen molar-refractivity contribution in [2.24, 2.45) is 5.41 Å². The molecule has 2 aliphatic carbocycles. The normalized spacial score (nSPS) is 26.6. The Hall–Kier alpha value is -0.780. The van der Waals surface area contributed by atoms with E-state index >= 15 is 0 Å². The number of fused-ring (bicyclic) bond motifs is 1. The smallest absolute Gasteiger partial charge is 0.0103 e. The highest BCUT2D eigenvalue weighted by molar-refractivity contribution is 5.34. The molecule has 18 heavy (non-hydrogen) atoms. The van der Waals surface area contributed by atoms with Crippen LogP contribution < -0.4 is 0 Å². The first kappa shape index (κ1) is 12.3. The summed E-state index contributed by atoms with van der Waals surface area (Å²) in [7, 11) is 0. The molecule has 0 amide bonds. The zero-order valence-corrected chi connectivity index (χ0v) is 11.8. The van der Waals surface area contributed by atoms with Gasteiger partial charge in [-0.3, -0.25) is 0 Å². The lowest BCUT2D eigenvalue weighted by molar-refractivity contribution is 0.124. The topological polar surface area (TPSA) is 0 Å². The lowest BCUT2D eigenvalue weighted by Crippen LogP contribution is -2.33. The van der Waals surface area contributed by atoms with Crippen LogP contribution in [0.15, 0.2) is 24.3 Å². The van der Waals surface area contributed by atoms with Crippen molar-refractivity contribution in [1.82, 2.24) is 0 Å². The van der Waals surface area contributed by atoms with Crippen molar-refractivity contribution in [3.05, 3.63) is 35.4 Å². The highest BCUT2D eigenvalue weighted by atomic mass is 14.4. The molecule has 1 atom stereocenters. The average Bonchev–Trinajstić information content (AvgIpc) is 2.47. The molecule has 0 bridgehead atoms. The minimum absolute atomic E-state index is 0.634. The van der Waals surface area contributed by atoms with Crippen LogP contribution in [0, 0.1) is 5.41 Å². The van der Waals surface area contributed by atoms with E-state index in [0.29, 0.717) is 5.41 Å². The lowest BCUT2D eigenvalue weighted by Gasteiger charge is -2.46. The molecule has 1 fully saturated rings. The molecule has 3 rings (SSSR count). The zero-order chi connectivity index (χ0) is 12.4. The summed E-state index contributed by atoms with van der Waals surface area (Å²) in [6.45, 7) is 2.43. The lowest BCUT2D eigenvalue weighted by atomic mass is 9.59. The quantitative estimate of drug-likeness (QED) is 0.645. The van der Waals surface area contributed by atoms with Crippen LogP contribution >= 0.6 is 0 Å². The maximum atomic E-state index is 2.43. The van der Waals surface area contributed by atoms with Gasteiger partial charge >= 0.3 is 0 Å². The van der Waals surface area contributed by atoms with Gasteiger partial charge in [-0.1, -0.05) is 50.5 Å². The highest BCUT2D eigenvalue weighted by Gasteiger charge is 2.40. The zero-order valence-electron chi connectivity index (χ0n) is 11.8. The molecule has 98 valence electrons. The molecule has 1 saturated carbocycles. The van der Waals surface area contributed by atoms with E-state index in [1.165, 1.54) is 57.8 Å². The summed E-state index contributed by atoms with van der Waals surface area (Å²) in [5.41, 5.74) is 3.98. The molecule has 0 heterocycles. The van der Waals surface area contributed by atoms with E-state index in [0.717, 1.165) is 5.92 Å². The Morgan fingerprint density at radius 3 is 2.61 bits per heavy atom. The van der Waals surface area contributed by atoms with Gasteiger partial charge in [0.25, 0.3) is 0 Å². The summed E-state index contributed by atoms with van der Waals surface area (Å²) in [6.07, 6.45) is 12.9. The van der Waals surface area contributed by atoms with Gasteiger partial charge < -0.3 is 0 Å². The minimum atomic E-state index is 0.634. The van der Waals surface area contributed by atoms with Crippen LogP contribution in [0.5, 0.6) is 0 Å². The van der Waals surface area contributed by atoms with Crippen molar-refractivity contribution in [3.8, 4) is 0 Å². The van der Waals surface area contributed by atoms with Gasteiger partial charge in [-0.05, 0) is 61.0 Å². The van der Waals surface area contributed by atoms with E-state index in [9.17, 15) is 0 Å². The first-order valence-electron chi connectivity index (χ1n) is 7.93. The van der Waals surface area contributed by atoms with Gasteiger partial charge in [0, 0.05) is 0 Å². The molecule has 1 aromatic rings. The van der Waals surface area contributed by atoms with Crippen LogP contribution in [-0.4, -0.2) is 0 Å².